The Morgan fingerprint density at radius 1 is 1.07 bits per heavy atom. The number of piperazine rings is 1. The average Bonchev–Trinajstić information content (AvgIpc) is 3.21. The van der Waals surface area contributed by atoms with Gasteiger partial charge in [0.2, 0.25) is 0 Å². The van der Waals surface area contributed by atoms with E-state index in [2.05, 4.69) is 32.3 Å². The number of hydrogen-bond acceptors (Lipinski definition) is 4. The van der Waals surface area contributed by atoms with E-state index in [-0.39, 0.29) is 11.7 Å². The SMILES string of the molecule is CCN1CCN(CCCCNC(=NC)NC2CCN(c3c(F)cccc3F)C2)CC1. The van der Waals surface area contributed by atoms with Crippen molar-refractivity contribution in [3.05, 3.63) is 29.8 Å². The molecule has 0 aliphatic carbocycles. The Labute approximate surface area is 179 Å². The molecule has 0 spiro atoms. The Kier molecular flexibility index (Phi) is 8.69. The fourth-order valence-corrected chi connectivity index (χ4v) is 4.26. The number of benzene rings is 1. The first-order valence-corrected chi connectivity index (χ1v) is 11.2. The summed E-state index contributed by atoms with van der Waals surface area (Å²) in [5.41, 5.74) is 0.0736. The van der Waals surface area contributed by atoms with E-state index in [1.54, 1.807) is 11.9 Å². The van der Waals surface area contributed by atoms with Crippen LogP contribution in [0.25, 0.3) is 0 Å². The predicted octanol–water partition coefficient (Wildman–Crippen LogP) is 2.13. The summed E-state index contributed by atoms with van der Waals surface area (Å²) in [5.74, 6) is -0.254. The minimum Gasteiger partial charge on any atom is -0.365 e. The second-order valence-corrected chi connectivity index (χ2v) is 8.13. The van der Waals surface area contributed by atoms with Crippen molar-refractivity contribution in [2.75, 3.05) is 70.9 Å². The van der Waals surface area contributed by atoms with E-state index in [0.717, 1.165) is 38.4 Å². The molecule has 2 N–H and O–H groups in total. The molecular formula is C22H36F2N6. The maximum atomic E-state index is 14.0. The number of rotatable bonds is 8. The quantitative estimate of drug-likeness (QED) is 0.382. The van der Waals surface area contributed by atoms with Gasteiger partial charge in [0.05, 0.1) is 0 Å². The smallest absolute Gasteiger partial charge is 0.191 e. The first-order chi connectivity index (χ1) is 14.6. The molecule has 1 atom stereocenters. The molecule has 2 saturated heterocycles. The van der Waals surface area contributed by atoms with E-state index in [4.69, 9.17) is 0 Å². The highest BCUT2D eigenvalue weighted by Gasteiger charge is 2.27. The average molecular weight is 423 g/mol. The number of likely N-dealkylation sites (N-methyl/N-ethyl adjacent to an activating group) is 1. The van der Waals surface area contributed by atoms with E-state index in [1.807, 2.05) is 0 Å². The molecule has 0 bridgehead atoms. The Hall–Kier alpha value is -1.93. The summed E-state index contributed by atoms with van der Waals surface area (Å²) in [6, 6.07) is 4.13. The molecule has 1 aromatic rings. The largest absolute Gasteiger partial charge is 0.365 e. The van der Waals surface area contributed by atoms with Crippen molar-refractivity contribution in [3.63, 3.8) is 0 Å². The van der Waals surface area contributed by atoms with Crippen LogP contribution >= 0.6 is 0 Å². The van der Waals surface area contributed by atoms with Crippen molar-refractivity contribution in [2.24, 2.45) is 4.99 Å². The minimum atomic E-state index is -0.505. The number of halogens is 2. The van der Waals surface area contributed by atoms with E-state index in [9.17, 15) is 8.78 Å². The number of guanidine groups is 1. The lowest BCUT2D eigenvalue weighted by molar-refractivity contribution is 0.136. The number of nitrogens with one attached hydrogen (secondary N) is 2. The number of unbranched alkanes of at least 4 members (excludes halogenated alkanes) is 1. The van der Waals surface area contributed by atoms with Gasteiger partial charge in [-0.05, 0) is 44.5 Å². The van der Waals surface area contributed by atoms with Crippen molar-refractivity contribution in [3.8, 4) is 0 Å². The third-order valence-corrected chi connectivity index (χ3v) is 6.11. The van der Waals surface area contributed by atoms with Gasteiger partial charge in [-0.2, -0.15) is 0 Å². The highest BCUT2D eigenvalue weighted by atomic mass is 19.1. The Morgan fingerprint density at radius 2 is 1.77 bits per heavy atom. The summed E-state index contributed by atoms with van der Waals surface area (Å²) in [6.45, 7) is 11.3. The van der Waals surface area contributed by atoms with Crippen molar-refractivity contribution in [1.82, 2.24) is 20.4 Å². The van der Waals surface area contributed by atoms with Gasteiger partial charge in [0.15, 0.2) is 5.96 Å². The van der Waals surface area contributed by atoms with Crippen LogP contribution in [0.5, 0.6) is 0 Å². The van der Waals surface area contributed by atoms with Gasteiger partial charge in [-0.25, -0.2) is 8.78 Å². The van der Waals surface area contributed by atoms with Crippen LogP contribution in [0, 0.1) is 11.6 Å². The highest BCUT2D eigenvalue weighted by Crippen LogP contribution is 2.26. The van der Waals surface area contributed by atoms with Gasteiger partial charge in [-0.3, -0.25) is 4.99 Å². The van der Waals surface area contributed by atoms with Crippen molar-refractivity contribution in [2.45, 2.75) is 32.2 Å². The fourth-order valence-electron chi connectivity index (χ4n) is 4.26. The standard InChI is InChI=1S/C22H36F2N6/c1-3-28-13-15-29(16-14-28)11-5-4-10-26-22(25-2)27-18-9-12-30(17-18)21-19(23)7-6-8-20(21)24/h6-8,18H,3-5,9-17H2,1-2H3,(H2,25,26,27). The molecule has 30 heavy (non-hydrogen) atoms. The molecule has 1 aromatic carbocycles. The van der Waals surface area contributed by atoms with Crippen LogP contribution in [-0.4, -0.2) is 87.8 Å². The Morgan fingerprint density at radius 3 is 2.43 bits per heavy atom. The number of para-hydroxylation sites is 1. The third-order valence-electron chi connectivity index (χ3n) is 6.11. The van der Waals surface area contributed by atoms with Crippen LogP contribution in [0.3, 0.4) is 0 Å². The Bertz CT molecular complexity index is 670. The van der Waals surface area contributed by atoms with Crippen molar-refractivity contribution in [1.29, 1.82) is 0 Å². The van der Waals surface area contributed by atoms with Crippen LogP contribution in [0.1, 0.15) is 26.2 Å². The molecular weight excluding hydrogens is 386 g/mol. The van der Waals surface area contributed by atoms with Gasteiger partial charge >= 0.3 is 0 Å². The molecule has 2 heterocycles. The summed E-state index contributed by atoms with van der Waals surface area (Å²) < 4.78 is 28.1. The van der Waals surface area contributed by atoms with E-state index < -0.39 is 11.6 Å². The second-order valence-electron chi connectivity index (χ2n) is 8.13. The molecule has 0 amide bonds. The predicted molar refractivity (Wildman–Crippen MR) is 119 cm³/mol. The summed E-state index contributed by atoms with van der Waals surface area (Å²) in [7, 11) is 1.76. The van der Waals surface area contributed by atoms with Gasteiger partial charge < -0.3 is 25.3 Å². The second kappa shape index (κ2) is 11.5. The number of anilines is 1. The lowest BCUT2D eigenvalue weighted by atomic mass is 10.2. The lowest BCUT2D eigenvalue weighted by Crippen LogP contribution is -2.46. The molecule has 0 aromatic heterocycles. The third kappa shape index (κ3) is 6.28. The van der Waals surface area contributed by atoms with E-state index in [1.165, 1.54) is 50.8 Å². The van der Waals surface area contributed by atoms with Gasteiger partial charge in [0, 0.05) is 58.9 Å². The Balaban J connectivity index is 1.33. The number of hydrogen-bond donors (Lipinski definition) is 2. The van der Waals surface area contributed by atoms with Gasteiger partial charge in [-0.1, -0.05) is 13.0 Å². The maximum Gasteiger partial charge on any atom is 0.191 e. The fraction of sp³-hybridized carbons (Fsp3) is 0.682. The summed E-state index contributed by atoms with van der Waals surface area (Å²) in [6.07, 6.45) is 3.07. The molecule has 2 fully saturated rings. The molecule has 0 saturated carbocycles. The lowest BCUT2D eigenvalue weighted by Gasteiger charge is -2.34. The molecule has 0 radical (unpaired) electrons. The van der Waals surface area contributed by atoms with Crippen LogP contribution in [0.2, 0.25) is 0 Å². The van der Waals surface area contributed by atoms with Crippen LogP contribution < -0.4 is 15.5 Å². The summed E-state index contributed by atoms with van der Waals surface area (Å²) in [4.78, 5) is 11.1. The van der Waals surface area contributed by atoms with Crippen LogP contribution in [0.4, 0.5) is 14.5 Å². The van der Waals surface area contributed by atoms with Crippen molar-refractivity contribution >= 4 is 11.6 Å². The maximum absolute atomic E-state index is 14.0. The van der Waals surface area contributed by atoms with Gasteiger partial charge in [0.1, 0.15) is 17.3 Å². The summed E-state index contributed by atoms with van der Waals surface area (Å²) in [5, 5.41) is 6.77. The number of nitrogens with zero attached hydrogens (tertiary/aromatic N) is 4. The topological polar surface area (TPSA) is 46.1 Å². The molecule has 168 valence electrons. The van der Waals surface area contributed by atoms with E-state index >= 15 is 0 Å². The normalized spacial score (nSPS) is 21.3. The highest BCUT2D eigenvalue weighted by molar-refractivity contribution is 5.80. The van der Waals surface area contributed by atoms with Gasteiger partial charge in [-0.15, -0.1) is 0 Å². The molecule has 2 aliphatic rings. The molecule has 3 rings (SSSR count). The minimum absolute atomic E-state index is 0.0736. The van der Waals surface area contributed by atoms with Crippen LogP contribution in [-0.2, 0) is 0 Å². The molecule has 1 unspecified atom stereocenters. The zero-order chi connectivity index (χ0) is 21.3. The number of aliphatic imine (C=N–C) groups is 1. The van der Waals surface area contributed by atoms with Gasteiger partial charge in [0.25, 0.3) is 0 Å². The summed E-state index contributed by atoms with van der Waals surface area (Å²) >= 11 is 0. The van der Waals surface area contributed by atoms with Crippen LogP contribution in [0.15, 0.2) is 23.2 Å². The van der Waals surface area contributed by atoms with E-state index in [0.29, 0.717) is 13.1 Å². The monoisotopic (exact) mass is 422 g/mol. The first kappa shape index (κ1) is 22.7. The molecule has 6 nitrogen and oxygen atoms in total. The molecule has 8 heteroatoms. The zero-order valence-corrected chi connectivity index (χ0v) is 18.3. The first-order valence-electron chi connectivity index (χ1n) is 11.2. The van der Waals surface area contributed by atoms with Crippen molar-refractivity contribution < 1.29 is 8.78 Å². The molecule has 2 aliphatic heterocycles. The zero-order valence-electron chi connectivity index (χ0n) is 18.3.